The van der Waals surface area contributed by atoms with E-state index in [-0.39, 0.29) is 16.7 Å². The van der Waals surface area contributed by atoms with Gasteiger partial charge in [0.25, 0.3) is 5.91 Å². The Morgan fingerprint density at radius 3 is 2.57 bits per heavy atom. The second kappa shape index (κ2) is 6.43. The maximum absolute atomic E-state index is 13.3. The van der Waals surface area contributed by atoms with Crippen LogP contribution in [0.25, 0.3) is 11.1 Å². The number of carbonyl (C=O) groups excluding carboxylic acids is 2. The summed E-state index contributed by atoms with van der Waals surface area (Å²) >= 11 is 0. The highest BCUT2D eigenvalue weighted by Crippen LogP contribution is 2.52. The average molecular weight is 377 g/mol. The van der Waals surface area contributed by atoms with Crippen molar-refractivity contribution in [1.29, 1.82) is 0 Å². The van der Waals surface area contributed by atoms with Gasteiger partial charge in [-0.05, 0) is 53.9 Å². The lowest BCUT2D eigenvalue weighted by Gasteiger charge is -2.39. The van der Waals surface area contributed by atoms with Crippen molar-refractivity contribution >= 4 is 11.8 Å². The number of primary amides is 1. The van der Waals surface area contributed by atoms with Gasteiger partial charge in [-0.2, -0.15) is 0 Å². The monoisotopic (exact) mass is 377 g/mol. The molecule has 2 aliphatic rings. The first-order valence-electron chi connectivity index (χ1n) is 9.82. The zero-order valence-corrected chi connectivity index (χ0v) is 16.7. The molecule has 1 aliphatic heterocycles. The van der Waals surface area contributed by atoms with Crippen molar-refractivity contribution in [3.8, 4) is 11.1 Å². The Balaban J connectivity index is 1.63. The Kier molecular flexibility index (Phi) is 4.29. The third kappa shape index (κ3) is 3.41. The van der Waals surface area contributed by atoms with Crippen LogP contribution in [-0.2, 0) is 0 Å². The molecule has 0 radical (unpaired) electrons. The molecular formula is C23H27N3O2. The number of fused-ring (bicyclic) bond motifs is 2. The summed E-state index contributed by atoms with van der Waals surface area (Å²) in [6.45, 7) is 7.75. The summed E-state index contributed by atoms with van der Waals surface area (Å²) in [6.07, 6.45) is 6.44. The highest BCUT2D eigenvalue weighted by molar-refractivity contribution is 5.96. The van der Waals surface area contributed by atoms with Crippen LogP contribution >= 0.6 is 0 Å². The predicted molar refractivity (Wildman–Crippen MR) is 109 cm³/mol. The van der Waals surface area contributed by atoms with E-state index in [1.165, 1.54) is 6.20 Å². The number of hydrogen-bond acceptors (Lipinski definition) is 3. The molecule has 1 aliphatic carbocycles. The zero-order valence-electron chi connectivity index (χ0n) is 16.7. The number of benzene rings is 1. The molecule has 4 rings (SSSR count). The van der Waals surface area contributed by atoms with Crippen molar-refractivity contribution in [3.63, 3.8) is 0 Å². The summed E-state index contributed by atoms with van der Waals surface area (Å²) in [5.41, 5.74) is 8.52. The molecule has 146 valence electrons. The summed E-state index contributed by atoms with van der Waals surface area (Å²) in [4.78, 5) is 31.0. The SMILES string of the molecule is CC1(C)C[C@@H]2C[C@@](C)(CN2C(=O)c2cccc(-c3cncc(C(N)=O)c3)c2)C1. The van der Waals surface area contributed by atoms with Gasteiger partial charge in [0.2, 0.25) is 5.91 Å². The van der Waals surface area contributed by atoms with Crippen LogP contribution in [0.1, 0.15) is 60.7 Å². The topological polar surface area (TPSA) is 76.3 Å². The lowest BCUT2D eigenvalue weighted by Crippen LogP contribution is -2.37. The molecule has 1 aromatic carbocycles. The molecule has 1 aromatic heterocycles. The van der Waals surface area contributed by atoms with E-state index in [0.717, 1.165) is 36.9 Å². The average Bonchev–Trinajstić information content (AvgIpc) is 2.90. The molecule has 2 bridgehead atoms. The third-order valence-electron chi connectivity index (χ3n) is 6.14. The molecule has 0 unspecified atom stereocenters. The van der Waals surface area contributed by atoms with Crippen LogP contribution in [0.15, 0.2) is 42.7 Å². The molecular weight excluding hydrogens is 350 g/mol. The summed E-state index contributed by atoms with van der Waals surface area (Å²) in [7, 11) is 0. The van der Waals surface area contributed by atoms with Gasteiger partial charge >= 0.3 is 0 Å². The first kappa shape index (κ1) is 18.7. The number of carbonyl (C=O) groups is 2. The molecule has 2 amide bonds. The van der Waals surface area contributed by atoms with Crippen molar-refractivity contribution < 1.29 is 9.59 Å². The number of nitrogens with two attached hydrogens (primary N) is 1. The van der Waals surface area contributed by atoms with Gasteiger partial charge in [-0.15, -0.1) is 0 Å². The molecule has 2 N–H and O–H groups in total. The predicted octanol–water partition coefficient (Wildman–Crippen LogP) is 3.89. The van der Waals surface area contributed by atoms with Gasteiger partial charge in [-0.25, -0.2) is 0 Å². The molecule has 2 aromatic rings. The number of aromatic nitrogens is 1. The van der Waals surface area contributed by atoms with E-state index in [2.05, 4.69) is 30.7 Å². The highest BCUT2D eigenvalue weighted by Gasteiger charge is 2.51. The summed E-state index contributed by atoms with van der Waals surface area (Å²) < 4.78 is 0. The van der Waals surface area contributed by atoms with Gasteiger partial charge < -0.3 is 10.6 Å². The normalized spacial score (nSPS) is 25.5. The van der Waals surface area contributed by atoms with E-state index in [4.69, 9.17) is 5.73 Å². The number of pyridine rings is 1. The van der Waals surface area contributed by atoms with Crippen molar-refractivity contribution in [3.05, 3.63) is 53.9 Å². The second-order valence-electron chi connectivity index (χ2n) is 9.55. The lowest BCUT2D eigenvalue weighted by molar-refractivity contribution is 0.0708. The fourth-order valence-corrected chi connectivity index (χ4v) is 5.43. The van der Waals surface area contributed by atoms with E-state index in [9.17, 15) is 9.59 Å². The van der Waals surface area contributed by atoms with Crippen LogP contribution in [0.4, 0.5) is 0 Å². The third-order valence-corrected chi connectivity index (χ3v) is 6.14. The van der Waals surface area contributed by atoms with Crippen LogP contribution in [0.5, 0.6) is 0 Å². The molecule has 0 spiro atoms. The van der Waals surface area contributed by atoms with Crippen LogP contribution in [0, 0.1) is 10.8 Å². The Labute approximate surface area is 165 Å². The summed E-state index contributed by atoms with van der Waals surface area (Å²) in [5.74, 6) is -0.422. The Hall–Kier alpha value is -2.69. The molecule has 1 saturated heterocycles. The van der Waals surface area contributed by atoms with Gasteiger partial charge in [-0.3, -0.25) is 14.6 Å². The van der Waals surface area contributed by atoms with Crippen LogP contribution in [0.2, 0.25) is 0 Å². The van der Waals surface area contributed by atoms with E-state index < -0.39 is 5.91 Å². The standard InChI is InChI=1S/C23H27N3O2/c1-22(2)9-19-10-23(3,13-22)14-26(19)21(28)16-6-4-5-15(7-16)17-8-18(20(24)27)12-25-11-17/h4-8,11-12,19H,9-10,13-14H2,1-3H3,(H2,24,27)/t19-,23-/m1/s1. The largest absolute Gasteiger partial charge is 0.366 e. The number of hydrogen-bond donors (Lipinski definition) is 1. The summed E-state index contributed by atoms with van der Waals surface area (Å²) in [6, 6.07) is 9.58. The minimum absolute atomic E-state index is 0.0901. The maximum atomic E-state index is 13.3. The van der Waals surface area contributed by atoms with Gasteiger partial charge in [0.05, 0.1) is 5.56 Å². The maximum Gasteiger partial charge on any atom is 0.254 e. The Bertz CT molecular complexity index is 952. The van der Waals surface area contributed by atoms with Crippen molar-refractivity contribution in [2.24, 2.45) is 16.6 Å². The molecule has 2 atom stereocenters. The Morgan fingerprint density at radius 1 is 1.07 bits per heavy atom. The lowest BCUT2D eigenvalue weighted by atomic mass is 9.65. The minimum atomic E-state index is -0.512. The van der Waals surface area contributed by atoms with Crippen LogP contribution in [0.3, 0.4) is 0 Å². The molecule has 2 fully saturated rings. The second-order valence-corrected chi connectivity index (χ2v) is 9.55. The molecule has 1 saturated carbocycles. The number of nitrogens with zero attached hydrogens (tertiary/aromatic N) is 2. The van der Waals surface area contributed by atoms with Gasteiger partial charge in [0, 0.05) is 36.1 Å². The number of amides is 2. The van der Waals surface area contributed by atoms with Gasteiger partial charge in [0.15, 0.2) is 0 Å². The smallest absolute Gasteiger partial charge is 0.254 e. The summed E-state index contributed by atoms with van der Waals surface area (Å²) in [5, 5.41) is 0. The number of likely N-dealkylation sites (tertiary alicyclic amines) is 1. The first-order valence-corrected chi connectivity index (χ1v) is 9.82. The van der Waals surface area contributed by atoms with Gasteiger partial charge in [0.1, 0.15) is 0 Å². The van der Waals surface area contributed by atoms with Crippen LogP contribution < -0.4 is 5.73 Å². The van der Waals surface area contributed by atoms with Crippen molar-refractivity contribution in [2.75, 3.05) is 6.54 Å². The fraction of sp³-hybridized carbons (Fsp3) is 0.435. The van der Waals surface area contributed by atoms with Crippen LogP contribution in [-0.4, -0.2) is 34.3 Å². The minimum Gasteiger partial charge on any atom is -0.366 e. The van der Waals surface area contributed by atoms with E-state index in [1.807, 2.05) is 24.3 Å². The van der Waals surface area contributed by atoms with E-state index in [0.29, 0.717) is 17.2 Å². The number of rotatable bonds is 3. The molecule has 5 heteroatoms. The molecule has 2 heterocycles. The zero-order chi connectivity index (χ0) is 20.1. The Morgan fingerprint density at radius 2 is 1.82 bits per heavy atom. The van der Waals surface area contributed by atoms with Crippen molar-refractivity contribution in [2.45, 2.75) is 46.1 Å². The quantitative estimate of drug-likeness (QED) is 0.882. The van der Waals surface area contributed by atoms with Gasteiger partial charge in [-0.1, -0.05) is 32.9 Å². The van der Waals surface area contributed by atoms with E-state index >= 15 is 0 Å². The van der Waals surface area contributed by atoms with Crippen molar-refractivity contribution in [1.82, 2.24) is 9.88 Å². The van der Waals surface area contributed by atoms with E-state index in [1.54, 1.807) is 12.3 Å². The highest BCUT2D eigenvalue weighted by atomic mass is 16.2. The first-order chi connectivity index (χ1) is 13.2. The fourth-order valence-electron chi connectivity index (χ4n) is 5.43. The molecule has 28 heavy (non-hydrogen) atoms. The molecule has 5 nitrogen and oxygen atoms in total.